The number of benzene rings is 2. The first-order valence-electron chi connectivity index (χ1n) is 9.62. The maximum Gasteiger partial charge on any atom is 0.257 e. The number of nitrogen functional groups attached to an aromatic ring is 1. The van der Waals surface area contributed by atoms with Crippen LogP contribution in [0, 0.1) is 0 Å². The monoisotopic (exact) mass is 402 g/mol. The van der Waals surface area contributed by atoms with Gasteiger partial charge in [0.1, 0.15) is 16.9 Å². The van der Waals surface area contributed by atoms with Crippen molar-refractivity contribution in [2.45, 2.75) is 6.42 Å². The van der Waals surface area contributed by atoms with Crippen LogP contribution in [0.1, 0.15) is 22.3 Å². The van der Waals surface area contributed by atoms with E-state index in [0.717, 1.165) is 5.56 Å². The number of fused-ring (bicyclic) bond motifs is 2. The van der Waals surface area contributed by atoms with Gasteiger partial charge in [-0.25, -0.2) is 9.97 Å². The van der Waals surface area contributed by atoms with Crippen molar-refractivity contribution in [3.63, 3.8) is 0 Å². The molecule has 30 heavy (non-hydrogen) atoms. The molecule has 3 N–H and O–H groups in total. The summed E-state index contributed by atoms with van der Waals surface area (Å²) in [6, 6.07) is 17.1. The third kappa shape index (κ3) is 3.85. The third-order valence-corrected chi connectivity index (χ3v) is 4.63. The average molecular weight is 402 g/mol. The summed E-state index contributed by atoms with van der Waals surface area (Å²) in [5, 5.41) is 7.36. The van der Waals surface area contributed by atoms with E-state index >= 15 is 0 Å². The van der Waals surface area contributed by atoms with E-state index in [4.69, 9.17) is 10.5 Å². The van der Waals surface area contributed by atoms with Crippen molar-refractivity contribution < 1.29 is 9.53 Å². The lowest BCUT2D eigenvalue weighted by Gasteiger charge is -2.05. The van der Waals surface area contributed by atoms with E-state index in [0.29, 0.717) is 41.8 Å². The summed E-state index contributed by atoms with van der Waals surface area (Å²) in [5.41, 5.74) is 9.76. The molecule has 0 spiro atoms. The first-order chi connectivity index (χ1) is 14.7. The fourth-order valence-electron chi connectivity index (χ4n) is 3.16. The summed E-state index contributed by atoms with van der Waals surface area (Å²) in [7, 11) is 1.62. The van der Waals surface area contributed by atoms with Crippen LogP contribution in [0.4, 0.5) is 5.82 Å². The van der Waals surface area contributed by atoms with Crippen LogP contribution in [0.3, 0.4) is 0 Å². The van der Waals surface area contributed by atoms with Crippen LogP contribution in [0.25, 0.3) is 22.2 Å². The molecule has 0 unspecified atom stereocenters. The third-order valence-electron chi connectivity index (χ3n) is 4.63. The SMILES string of the molecule is COCCCNC(=O)c1c(N)n(/N=C/c2ccccc2)c2nc3ccccc3nc12. The molecule has 4 rings (SSSR count). The van der Waals surface area contributed by atoms with Gasteiger partial charge in [-0.05, 0) is 24.1 Å². The highest BCUT2D eigenvalue weighted by molar-refractivity contribution is 6.10. The topological polar surface area (TPSA) is 107 Å². The molecule has 4 aromatic rings. The van der Waals surface area contributed by atoms with E-state index in [1.165, 1.54) is 4.68 Å². The molecule has 0 atom stereocenters. The van der Waals surface area contributed by atoms with Crippen molar-refractivity contribution in [2.75, 3.05) is 26.0 Å². The second-order valence-electron chi connectivity index (χ2n) is 6.71. The zero-order valence-corrected chi connectivity index (χ0v) is 16.6. The van der Waals surface area contributed by atoms with Crippen LogP contribution < -0.4 is 11.1 Å². The molecular formula is C22H22N6O2. The predicted octanol–water partition coefficient (Wildman–Crippen LogP) is 2.82. The first-order valence-corrected chi connectivity index (χ1v) is 9.62. The van der Waals surface area contributed by atoms with Gasteiger partial charge < -0.3 is 15.8 Å². The molecule has 0 aliphatic carbocycles. The molecule has 1 amide bonds. The van der Waals surface area contributed by atoms with Gasteiger partial charge in [0.15, 0.2) is 5.65 Å². The highest BCUT2D eigenvalue weighted by Gasteiger charge is 2.23. The maximum atomic E-state index is 12.9. The Hall–Kier alpha value is -3.78. The quantitative estimate of drug-likeness (QED) is 0.365. The second-order valence-corrected chi connectivity index (χ2v) is 6.71. The number of carbonyl (C=O) groups is 1. The molecule has 0 aliphatic rings. The van der Waals surface area contributed by atoms with Crippen LogP contribution in [0.2, 0.25) is 0 Å². The van der Waals surface area contributed by atoms with E-state index in [1.807, 2.05) is 54.6 Å². The number of anilines is 1. The number of methoxy groups -OCH3 is 1. The van der Waals surface area contributed by atoms with Gasteiger partial charge in [0.05, 0.1) is 17.2 Å². The lowest BCUT2D eigenvalue weighted by Crippen LogP contribution is -2.26. The molecule has 8 nitrogen and oxygen atoms in total. The number of nitrogens with two attached hydrogens (primary N) is 1. The largest absolute Gasteiger partial charge is 0.385 e. The highest BCUT2D eigenvalue weighted by atomic mass is 16.5. The minimum absolute atomic E-state index is 0.191. The van der Waals surface area contributed by atoms with Crippen LogP contribution in [0.5, 0.6) is 0 Å². The van der Waals surface area contributed by atoms with Gasteiger partial charge in [0.25, 0.3) is 5.91 Å². The van der Waals surface area contributed by atoms with Crippen molar-refractivity contribution >= 4 is 40.1 Å². The molecule has 0 aliphatic heterocycles. The lowest BCUT2D eigenvalue weighted by atomic mass is 10.2. The Morgan fingerprint density at radius 1 is 1.13 bits per heavy atom. The van der Waals surface area contributed by atoms with Crippen molar-refractivity contribution in [3.05, 3.63) is 65.7 Å². The Labute approximate surface area is 173 Å². The number of carbonyl (C=O) groups excluding carboxylic acids is 1. The number of hydrogen-bond donors (Lipinski definition) is 2. The van der Waals surface area contributed by atoms with Crippen LogP contribution in [0.15, 0.2) is 59.7 Å². The Bertz CT molecular complexity index is 1220. The minimum Gasteiger partial charge on any atom is -0.385 e. The van der Waals surface area contributed by atoms with Crippen molar-refractivity contribution in [1.29, 1.82) is 0 Å². The average Bonchev–Trinajstić information content (AvgIpc) is 3.04. The van der Waals surface area contributed by atoms with Gasteiger partial charge in [-0.15, -0.1) is 0 Å². The number of nitrogens with zero attached hydrogens (tertiary/aromatic N) is 4. The zero-order chi connectivity index (χ0) is 20.9. The number of ether oxygens (including phenoxy) is 1. The number of hydrogen-bond acceptors (Lipinski definition) is 6. The second kappa shape index (κ2) is 8.71. The number of amides is 1. The molecule has 2 aromatic carbocycles. The van der Waals surface area contributed by atoms with Gasteiger partial charge in [-0.2, -0.15) is 9.78 Å². The number of aromatic nitrogens is 3. The molecule has 8 heteroatoms. The zero-order valence-electron chi connectivity index (χ0n) is 16.6. The number of nitrogens with one attached hydrogen (secondary N) is 1. The molecular weight excluding hydrogens is 380 g/mol. The van der Waals surface area contributed by atoms with Gasteiger partial charge in [-0.1, -0.05) is 42.5 Å². The van der Waals surface area contributed by atoms with E-state index in [9.17, 15) is 4.79 Å². The standard InChI is InChI=1S/C22H22N6O2/c1-30-13-7-12-24-22(29)18-19-21(27-17-11-6-5-10-16(17)26-19)28(20(18)23)25-14-15-8-3-2-4-9-15/h2-6,8-11,14H,7,12-13,23H2,1H3,(H,24,29)/b25-14+. The molecule has 152 valence electrons. The van der Waals surface area contributed by atoms with Gasteiger partial charge >= 0.3 is 0 Å². The van der Waals surface area contributed by atoms with Gasteiger partial charge in [0.2, 0.25) is 0 Å². The Kier molecular flexibility index (Phi) is 5.67. The predicted molar refractivity (Wildman–Crippen MR) is 118 cm³/mol. The Balaban J connectivity index is 1.81. The molecule has 0 radical (unpaired) electrons. The summed E-state index contributed by atoms with van der Waals surface area (Å²) < 4.78 is 6.49. The van der Waals surface area contributed by atoms with Gasteiger partial charge in [0, 0.05) is 20.3 Å². The normalized spacial score (nSPS) is 11.5. The highest BCUT2D eigenvalue weighted by Crippen LogP contribution is 2.27. The molecule has 0 saturated heterocycles. The van der Waals surface area contributed by atoms with E-state index < -0.39 is 0 Å². The number of para-hydroxylation sites is 2. The molecule has 2 heterocycles. The summed E-state index contributed by atoms with van der Waals surface area (Å²) in [4.78, 5) is 22.2. The fraction of sp³-hybridized carbons (Fsp3) is 0.182. The van der Waals surface area contributed by atoms with E-state index in [2.05, 4.69) is 20.4 Å². The summed E-state index contributed by atoms with van der Waals surface area (Å²) >= 11 is 0. The Morgan fingerprint density at radius 3 is 2.57 bits per heavy atom. The molecule has 0 bridgehead atoms. The van der Waals surface area contributed by atoms with Gasteiger partial charge in [-0.3, -0.25) is 4.79 Å². The van der Waals surface area contributed by atoms with Crippen LogP contribution in [-0.4, -0.2) is 47.0 Å². The lowest BCUT2D eigenvalue weighted by molar-refractivity contribution is 0.0951. The summed E-state index contributed by atoms with van der Waals surface area (Å²) in [6.45, 7) is 1.02. The summed E-state index contributed by atoms with van der Waals surface area (Å²) in [6.07, 6.45) is 2.37. The van der Waals surface area contributed by atoms with Crippen molar-refractivity contribution in [2.24, 2.45) is 5.10 Å². The molecule has 0 fully saturated rings. The maximum absolute atomic E-state index is 12.9. The Morgan fingerprint density at radius 2 is 1.83 bits per heavy atom. The van der Waals surface area contributed by atoms with E-state index in [-0.39, 0.29) is 17.3 Å². The van der Waals surface area contributed by atoms with Crippen LogP contribution in [-0.2, 0) is 4.74 Å². The summed E-state index contributed by atoms with van der Waals surface area (Å²) in [5.74, 6) is -0.122. The van der Waals surface area contributed by atoms with Crippen molar-refractivity contribution in [3.8, 4) is 0 Å². The molecule has 2 aromatic heterocycles. The molecule has 0 saturated carbocycles. The number of rotatable bonds is 7. The fourth-order valence-corrected chi connectivity index (χ4v) is 3.16. The van der Waals surface area contributed by atoms with Crippen molar-refractivity contribution in [1.82, 2.24) is 20.0 Å². The van der Waals surface area contributed by atoms with Crippen LogP contribution >= 0.6 is 0 Å². The smallest absolute Gasteiger partial charge is 0.257 e. The minimum atomic E-state index is -0.313. The van der Waals surface area contributed by atoms with E-state index in [1.54, 1.807) is 13.3 Å². The first kappa shape index (κ1) is 19.5.